The van der Waals surface area contributed by atoms with Crippen molar-refractivity contribution in [2.75, 3.05) is 12.3 Å². The molecule has 0 aromatic carbocycles. The van der Waals surface area contributed by atoms with Gasteiger partial charge in [-0.25, -0.2) is 9.78 Å². The SMILES string of the molecule is CC(C)OC(=O)NCCCCSc1cn2ccccc2n1. The number of hydrogen-bond acceptors (Lipinski definition) is 4. The van der Waals surface area contributed by atoms with Crippen molar-refractivity contribution >= 4 is 23.5 Å². The van der Waals surface area contributed by atoms with E-state index in [9.17, 15) is 4.79 Å². The summed E-state index contributed by atoms with van der Waals surface area (Å²) in [5.41, 5.74) is 0.970. The number of alkyl carbamates (subject to hydrolysis) is 1. The van der Waals surface area contributed by atoms with Crippen LogP contribution < -0.4 is 5.32 Å². The molecule has 0 aliphatic rings. The molecule has 21 heavy (non-hydrogen) atoms. The van der Waals surface area contributed by atoms with Crippen LogP contribution in [-0.2, 0) is 4.74 Å². The number of nitrogens with one attached hydrogen (secondary N) is 1. The molecule has 2 heterocycles. The van der Waals surface area contributed by atoms with Gasteiger partial charge >= 0.3 is 6.09 Å². The third kappa shape index (κ3) is 5.30. The van der Waals surface area contributed by atoms with E-state index in [1.54, 1.807) is 11.8 Å². The number of nitrogens with zero attached hydrogens (tertiary/aromatic N) is 2. The summed E-state index contributed by atoms with van der Waals surface area (Å²) in [7, 11) is 0. The van der Waals surface area contributed by atoms with Crippen LogP contribution >= 0.6 is 11.8 Å². The number of carbonyl (C=O) groups excluding carboxylic acids is 1. The maximum atomic E-state index is 11.3. The van der Waals surface area contributed by atoms with Crippen molar-refractivity contribution in [3.8, 4) is 0 Å². The number of rotatable bonds is 7. The summed E-state index contributed by atoms with van der Waals surface area (Å²) in [6.07, 6.45) is 5.59. The topological polar surface area (TPSA) is 55.6 Å². The van der Waals surface area contributed by atoms with Gasteiger partial charge in [0.05, 0.1) is 6.10 Å². The lowest BCUT2D eigenvalue weighted by molar-refractivity contribution is 0.115. The highest BCUT2D eigenvalue weighted by molar-refractivity contribution is 7.99. The van der Waals surface area contributed by atoms with E-state index in [0.29, 0.717) is 6.54 Å². The van der Waals surface area contributed by atoms with Gasteiger partial charge in [-0.05, 0) is 44.6 Å². The number of aromatic nitrogens is 2. The minimum absolute atomic E-state index is 0.0735. The average molecular weight is 307 g/mol. The lowest BCUT2D eigenvalue weighted by atomic mass is 10.3. The summed E-state index contributed by atoms with van der Waals surface area (Å²) in [6.45, 7) is 4.33. The van der Waals surface area contributed by atoms with Crippen LogP contribution in [0.1, 0.15) is 26.7 Å². The Balaban J connectivity index is 1.60. The second kappa shape index (κ2) is 7.93. The van der Waals surface area contributed by atoms with Gasteiger partial charge in [0.25, 0.3) is 0 Å². The highest BCUT2D eigenvalue weighted by Crippen LogP contribution is 2.18. The van der Waals surface area contributed by atoms with Gasteiger partial charge in [0.2, 0.25) is 0 Å². The van der Waals surface area contributed by atoms with Crippen molar-refractivity contribution in [2.24, 2.45) is 0 Å². The van der Waals surface area contributed by atoms with E-state index < -0.39 is 0 Å². The Labute approximate surface area is 129 Å². The van der Waals surface area contributed by atoms with Gasteiger partial charge in [0, 0.05) is 18.9 Å². The van der Waals surface area contributed by atoms with E-state index in [0.717, 1.165) is 29.3 Å². The molecule has 0 saturated carbocycles. The Hall–Kier alpha value is -1.69. The molecule has 0 aliphatic heterocycles. The van der Waals surface area contributed by atoms with Crippen LogP contribution in [0.2, 0.25) is 0 Å². The molecule has 0 aliphatic carbocycles. The standard InChI is InChI=1S/C15H21N3O2S/c1-12(2)20-15(19)16-8-4-6-10-21-14-11-18-9-5-3-7-13(18)17-14/h3,5,7,9,11-12H,4,6,8,10H2,1-2H3,(H,16,19). The summed E-state index contributed by atoms with van der Waals surface area (Å²) in [6, 6.07) is 5.97. The maximum Gasteiger partial charge on any atom is 0.407 e. The number of amides is 1. The van der Waals surface area contributed by atoms with Gasteiger partial charge in [-0.1, -0.05) is 6.07 Å². The maximum absolute atomic E-state index is 11.3. The van der Waals surface area contributed by atoms with E-state index in [1.807, 2.05) is 48.8 Å². The highest BCUT2D eigenvalue weighted by Gasteiger charge is 2.04. The number of hydrogen-bond donors (Lipinski definition) is 1. The largest absolute Gasteiger partial charge is 0.447 e. The van der Waals surface area contributed by atoms with Crippen molar-refractivity contribution in [2.45, 2.75) is 37.8 Å². The third-order valence-corrected chi connectivity index (χ3v) is 3.76. The molecule has 1 N–H and O–H groups in total. The minimum atomic E-state index is -0.335. The summed E-state index contributed by atoms with van der Waals surface area (Å²) in [5.74, 6) is 0.991. The van der Waals surface area contributed by atoms with E-state index in [1.165, 1.54) is 0 Å². The van der Waals surface area contributed by atoms with Crippen molar-refractivity contribution in [1.82, 2.24) is 14.7 Å². The number of pyridine rings is 1. The summed E-state index contributed by atoms with van der Waals surface area (Å²) in [5, 5.41) is 3.78. The summed E-state index contributed by atoms with van der Waals surface area (Å²) < 4.78 is 7.01. The first kappa shape index (κ1) is 15.7. The molecule has 2 rings (SSSR count). The van der Waals surface area contributed by atoms with Crippen LogP contribution in [0.3, 0.4) is 0 Å². The van der Waals surface area contributed by atoms with Crippen molar-refractivity contribution in [1.29, 1.82) is 0 Å². The van der Waals surface area contributed by atoms with Crippen LogP contribution in [0, 0.1) is 0 Å². The lowest BCUT2D eigenvalue weighted by Crippen LogP contribution is -2.27. The lowest BCUT2D eigenvalue weighted by Gasteiger charge is -2.08. The Kier molecular flexibility index (Phi) is 5.92. The number of ether oxygens (including phenoxy) is 1. The number of imidazole rings is 1. The average Bonchev–Trinajstić information content (AvgIpc) is 2.84. The molecule has 6 heteroatoms. The highest BCUT2D eigenvalue weighted by atomic mass is 32.2. The second-order valence-electron chi connectivity index (χ2n) is 4.98. The molecule has 5 nitrogen and oxygen atoms in total. The third-order valence-electron chi connectivity index (χ3n) is 2.78. The van der Waals surface area contributed by atoms with E-state index in [2.05, 4.69) is 10.3 Å². The molecular weight excluding hydrogens is 286 g/mol. The molecule has 2 aromatic rings. The summed E-state index contributed by atoms with van der Waals surface area (Å²) in [4.78, 5) is 15.8. The fourth-order valence-corrected chi connectivity index (χ4v) is 2.73. The molecule has 0 unspecified atom stereocenters. The van der Waals surface area contributed by atoms with Gasteiger partial charge in [-0.15, -0.1) is 11.8 Å². The monoisotopic (exact) mass is 307 g/mol. The Morgan fingerprint density at radius 1 is 1.43 bits per heavy atom. The number of fused-ring (bicyclic) bond motifs is 1. The van der Waals surface area contributed by atoms with Crippen LogP contribution in [0.15, 0.2) is 35.6 Å². The first-order chi connectivity index (χ1) is 10.1. The fourth-order valence-electron chi connectivity index (χ4n) is 1.83. The zero-order chi connectivity index (χ0) is 15.1. The number of carbonyl (C=O) groups is 1. The molecule has 0 fully saturated rings. The zero-order valence-electron chi connectivity index (χ0n) is 12.4. The molecule has 1 amide bonds. The zero-order valence-corrected chi connectivity index (χ0v) is 13.2. The first-order valence-corrected chi connectivity index (χ1v) is 8.15. The molecule has 0 saturated heterocycles. The van der Waals surface area contributed by atoms with E-state index >= 15 is 0 Å². The second-order valence-corrected chi connectivity index (χ2v) is 6.10. The fraction of sp³-hybridized carbons (Fsp3) is 0.467. The van der Waals surface area contributed by atoms with Crippen molar-refractivity contribution < 1.29 is 9.53 Å². The molecule has 0 spiro atoms. The van der Waals surface area contributed by atoms with Gasteiger partial charge in [0.1, 0.15) is 10.7 Å². The number of thioether (sulfide) groups is 1. The van der Waals surface area contributed by atoms with E-state index in [4.69, 9.17) is 4.74 Å². The molecule has 0 bridgehead atoms. The quantitative estimate of drug-likeness (QED) is 0.629. The van der Waals surface area contributed by atoms with Crippen LogP contribution in [-0.4, -0.2) is 33.9 Å². The van der Waals surface area contributed by atoms with Crippen LogP contribution in [0.4, 0.5) is 4.79 Å². The first-order valence-electron chi connectivity index (χ1n) is 7.16. The smallest absolute Gasteiger partial charge is 0.407 e. The molecule has 0 radical (unpaired) electrons. The van der Waals surface area contributed by atoms with Crippen LogP contribution in [0.25, 0.3) is 5.65 Å². The van der Waals surface area contributed by atoms with Gasteiger partial charge < -0.3 is 14.5 Å². The normalized spacial score (nSPS) is 11.0. The molecular formula is C15H21N3O2S. The predicted octanol–water partition coefficient (Wildman–Crippen LogP) is 3.34. The Bertz CT molecular complexity index is 550. The van der Waals surface area contributed by atoms with Crippen molar-refractivity contribution in [3.05, 3.63) is 30.6 Å². The Morgan fingerprint density at radius 3 is 3.05 bits per heavy atom. The number of unbranched alkanes of at least 4 members (excludes halogenated alkanes) is 1. The van der Waals surface area contributed by atoms with Crippen LogP contribution in [0.5, 0.6) is 0 Å². The summed E-state index contributed by atoms with van der Waals surface area (Å²) >= 11 is 1.74. The van der Waals surface area contributed by atoms with Gasteiger partial charge in [0.15, 0.2) is 0 Å². The molecule has 114 valence electrons. The van der Waals surface area contributed by atoms with Crippen molar-refractivity contribution in [3.63, 3.8) is 0 Å². The Morgan fingerprint density at radius 2 is 2.29 bits per heavy atom. The predicted molar refractivity (Wildman–Crippen MR) is 84.8 cm³/mol. The van der Waals surface area contributed by atoms with E-state index in [-0.39, 0.29) is 12.2 Å². The minimum Gasteiger partial charge on any atom is -0.447 e. The molecule has 2 aromatic heterocycles. The van der Waals surface area contributed by atoms with Gasteiger partial charge in [-0.2, -0.15) is 0 Å². The molecule has 0 atom stereocenters. The van der Waals surface area contributed by atoms with Gasteiger partial charge in [-0.3, -0.25) is 0 Å².